The number of aliphatic hydroxyl groups is 1. The number of tetrazole rings is 1. The number of aliphatic hydroxyl groups excluding tert-OH is 1. The summed E-state index contributed by atoms with van der Waals surface area (Å²) in [4.78, 5) is 19.3. The Morgan fingerprint density at radius 2 is 2.10 bits per heavy atom. The molecule has 1 unspecified atom stereocenters. The summed E-state index contributed by atoms with van der Waals surface area (Å²) in [7, 11) is 0. The van der Waals surface area contributed by atoms with Gasteiger partial charge in [-0.3, -0.25) is 9.88 Å². The van der Waals surface area contributed by atoms with Crippen LogP contribution in [-0.4, -0.2) is 55.1 Å². The zero-order valence-corrected chi connectivity index (χ0v) is 16.1. The molecule has 0 bridgehead atoms. The van der Waals surface area contributed by atoms with Crippen LogP contribution < -0.4 is 4.90 Å². The molecule has 2 atom stereocenters. The fourth-order valence-electron chi connectivity index (χ4n) is 3.33. The van der Waals surface area contributed by atoms with Crippen molar-refractivity contribution in [2.45, 2.75) is 38.0 Å². The van der Waals surface area contributed by atoms with Crippen molar-refractivity contribution in [3.63, 3.8) is 0 Å². The molecule has 30 heavy (non-hydrogen) atoms. The first kappa shape index (κ1) is 18.6. The van der Waals surface area contributed by atoms with E-state index in [0.29, 0.717) is 34.4 Å². The van der Waals surface area contributed by atoms with Gasteiger partial charge in [-0.1, -0.05) is 6.07 Å². The Labute approximate surface area is 171 Å². The van der Waals surface area contributed by atoms with Gasteiger partial charge in [-0.05, 0) is 49.2 Å². The lowest BCUT2D eigenvalue weighted by atomic mass is 10.1. The largest absolute Gasteiger partial charge is 0.441 e. The van der Waals surface area contributed by atoms with Crippen LogP contribution >= 0.6 is 0 Å². The summed E-state index contributed by atoms with van der Waals surface area (Å²) < 4.78 is 19.9. The van der Waals surface area contributed by atoms with E-state index in [1.54, 1.807) is 42.2 Å². The van der Waals surface area contributed by atoms with Crippen LogP contribution in [0.5, 0.6) is 0 Å². The van der Waals surface area contributed by atoms with E-state index in [4.69, 9.17) is 4.74 Å². The number of carbonyl (C=O) groups is 1. The maximum atomic E-state index is 14.8. The van der Waals surface area contributed by atoms with Crippen molar-refractivity contribution in [2.75, 3.05) is 11.4 Å². The number of hydrogen-bond acceptors (Lipinski definition) is 7. The minimum Gasteiger partial charge on any atom is -0.441 e. The predicted molar refractivity (Wildman–Crippen MR) is 104 cm³/mol. The van der Waals surface area contributed by atoms with Crippen LogP contribution in [0.3, 0.4) is 0 Å². The molecule has 2 aromatic heterocycles. The summed E-state index contributed by atoms with van der Waals surface area (Å²) in [5, 5.41) is 22.0. The third-order valence-electron chi connectivity index (χ3n) is 5.24. The average molecular weight is 410 g/mol. The van der Waals surface area contributed by atoms with Gasteiger partial charge in [0.15, 0.2) is 0 Å². The molecule has 0 spiro atoms. The number of anilines is 1. The van der Waals surface area contributed by atoms with Crippen molar-refractivity contribution >= 4 is 11.8 Å². The quantitative estimate of drug-likeness (QED) is 0.689. The summed E-state index contributed by atoms with van der Waals surface area (Å²) in [6.07, 6.45) is 1.64. The zero-order chi connectivity index (χ0) is 20.8. The van der Waals surface area contributed by atoms with Crippen LogP contribution in [0.1, 0.15) is 25.8 Å². The van der Waals surface area contributed by atoms with Gasteiger partial charge in [-0.25, -0.2) is 9.18 Å². The molecule has 154 valence electrons. The number of nitrogens with zero attached hydrogens (tertiary/aromatic N) is 6. The summed E-state index contributed by atoms with van der Waals surface area (Å²) in [6.45, 7) is 1.71. The van der Waals surface area contributed by atoms with E-state index in [0.717, 1.165) is 12.8 Å². The molecule has 3 aromatic rings. The zero-order valence-electron chi connectivity index (χ0n) is 16.1. The number of carbonyl (C=O) groups excluding carboxylic acids is 1. The van der Waals surface area contributed by atoms with Crippen LogP contribution in [0, 0.1) is 5.82 Å². The molecule has 1 aliphatic carbocycles. The van der Waals surface area contributed by atoms with E-state index < -0.39 is 24.1 Å². The van der Waals surface area contributed by atoms with Crippen molar-refractivity contribution in [3.05, 3.63) is 42.3 Å². The standard InChI is InChI=1S/C20H19FN6O3/c1-11(28)18-10-26(20(29)30-18)14-5-6-15(16(21)8-14)12-2-7-17(22-9-12)19-23-25-27(24-19)13-3-4-13/h2,5-9,11,13,18,28H,3-4,10H2,1H3/t11?,18-/m1/s1. The molecule has 2 aliphatic rings. The minimum atomic E-state index is -0.798. The first-order chi connectivity index (χ1) is 14.5. The molecule has 1 amide bonds. The molecule has 1 saturated heterocycles. The maximum absolute atomic E-state index is 14.8. The van der Waals surface area contributed by atoms with Crippen LogP contribution in [0.4, 0.5) is 14.9 Å². The fourth-order valence-corrected chi connectivity index (χ4v) is 3.33. The molecule has 1 saturated carbocycles. The van der Waals surface area contributed by atoms with Crippen LogP contribution in [0.2, 0.25) is 0 Å². The number of halogens is 1. The summed E-state index contributed by atoms with van der Waals surface area (Å²) in [5.74, 6) is -0.0577. The van der Waals surface area contributed by atoms with Gasteiger partial charge >= 0.3 is 6.09 Å². The first-order valence-electron chi connectivity index (χ1n) is 9.71. The number of cyclic esters (lactones) is 1. The van der Waals surface area contributed by atoms with Gasteiger partial charge < -0.3 is 9.84 Å². The molecular formula is C20H19FN6O3. The Hall–Kier alpha value is -3.40. The Kier molecular flexibility index (Phi) is 4.43. The molecule has 1 aromatic carbocycles. The molecule has 2 fully saturated rings. The summed E-state index contributed by atoms with van der Waals surface area (Å²) in [5.41, 5.74) is 1.87. The fraction of sp³-hybridized carbons (Fsp3) is 0.350. The van der Waals surface area contributed by atoms with Crippen LogP contribution in [0.25, 0.3) is 22.6 Å². The number of rotatable bonds is 5. The lowest BCUT2D eigenvalue weighted by molar-refractivity contribution is 0.0437. The second kappa shape index (κ2) is 7.13. The predicted octanol–water partition coefficient (Wildman–Crippen LogP) is 2.58. The highest BCUT2D eigenvalue weighted by molar-refractivity contribution is 5.90. The normalized spacial score (nSPS) is 19.8. The van der Waals surface area contributed by atoms with Gasteiger partial charge in [-0.2, -0.15) is 4.80 Å². The van der Waals surface area contributed by atoms with Crippen molar-refractivity contribution in [1.29, 1.82) is 0 Å². The van der Waals surface area contributed by atoms with E-state index in [1.807, 2.05) is 0 Å². The molecule has 1 N–H and O–H groups in total. The van der Waals surface area contributed by atoms with Gasteiger partial charge in [0, 0.05) is 17.3 Å². The second-order valence-corrected chi connectivity index (χ2v) is 7.53. The third kappa shape index (κ3) is 3.39. The van der Waals surface area contributed by atoms with Crippen molar-refractivity contribution in [3.8, 4) is 22.6 Å². The Balaban J connectivity index is 1.36. The van der Waals surface area contributed by atoms with Crippen LogP contribution in [0.15, 0.2) is 36.5 Å². The molecule has 10 heteroatoms. The maximum Gasteiger partial charge on any atom is 0.414 e. The number of amides is 1. The van der Waals surface area contributed by atoms with Gasteiger partial charge in [-0.15, -0.1) is 10.2 Å². The minimum absolute atomic E-state index is 0.167. The molecule has 3 heterocycles. The Morgan fingerprint density at radius 3 is 2.73 bits per heavy atom. The summed E-state index contributed by atoms with van der Waals surface area (Å²) >= 11 is 0. The van der Waals surface area contributed by atoms with E-state index in [-0.39, 0.29) is 6.54 Å². The van der Waals surface area contributed by atoms with E-state index in [9.17, 15) is 14.3 Å². The van der Waals surface area contributed by atoms with Gasteiger partial charge in [0.05, 0.1) is 24.4 Å². The highest BCUT2D eigenvalue weighted by atomic mass is 19.1. The highest BCUT2D eigenvalue weighted by Crippen LogP contribution is 2.33. The lowest BCUT2D eigenvalue weighted by Gasteiger charge is -2.15. The van der Waals surface area contributed by atoms with Crippen molar-refractivity contribution in [2.24, 2.45) is 0 Å². The highest BCUT2D eigenvalue weighted by Gasteiger charge is 2.35. The van der Waals surface area contributed by atoms with E-state index in [2.05, 4.69) is 20.4 Å². The SMILES string of the molecule is CC(O)[C@H]1CN(c2ccc(-c3ccc(-c4nnn(C5CC5)n4)nc3)c(F)c2)C(=O)O1. The van der Waals surface area contributed by atoms with E-state index >= 15 is 0 Å². The van der Waals surface area contributed by atoms with Gasteiger partial charge in [0.25, 0.3) is 0 Å². The molecule has 1 aliphatic heterocycles. The monoisotopic (exact) mass is 410 g/mol. The molecule has 0 radical (unpaired) electrons. The Morgan fingerprint density at radius 1 is 1.27 bits per heavy atom. The first-order valence-corrected chi connectivity index (χ1v) is 9.71. The summed E-state index contributed by atoms with van der Waals surface area (Å²) in [6, 6.07) is 8.31. The number of pyridine rings is 1. The second-order valence-electron chi connectivity index (χ2n) is 7.53. The molecule has 5 rings (SSSR count). The number of aromatic nitrogens is 5. The number of hydrogen-bond donors (Lipinski definition) is 1. The Bertz CT molecular complexity index is 1100. The van der Waals surface area contributed by atoms with E-state index in [1.165, 1.54) is 11.0 Å². The number of benzene rings is 1. The van der Waals surface area contributed by atoms with Crippen molar-refractivity contribution in [1.82, 2.24) is 25.2 Å². The van der Waals surface area contributed by atoms with Gasteiger partial charge in [0.1, 0.15) is 17.6 Å². The lowest BCUT2D eigenvalue weighted by Crippen LogP contribution is -2.29. The van der Waals surface area contributed by atoms with Crippen molar-refractivity contribution < 1.29 is 19.0 Å². The molecule has 9 nitrogen and oxygen atoms in total. The van der Waals surface area contributed by atoms with Gasteiger partial charge in [0.2, 0.25) is 5.82 Å². The van der Waals surface area contributed by atoms with Crippen LogP contribution in [-0.2, 0) is 4.74 Å². The molecular weight excluding hydrogens is 391 g/mol. The topological polar surface area (TPSA) is 106 Å². The average Bonchev–Trinajstić information content (AvgIpc) is 3.33. The smallest absolute Gasteiger partial charge is 0.414 e. The third-order valence-corrected chi connectivity index (χ3v) is 5.24. The number of ether oxygens (including phenoxy) is 1.